The van der Waals surface area contributed by atoms with Gasteiger partial charge in [0.25, 0.3) is 0 Å². The number of piperazine rings is 1. The number of aliphatic hydroxyl groups is 1. The number of benzene rings is 2. The van der Waals surface area contributed by atoms with Crippen LogP contribution < -0.4 is 14.5 Å². The number of hydrogen-bond acceptors (Lipinski definition) is 3. The molecule has 1 atom stereocenters. The maximum atomic E-state index is 13.1. The van der Waals surface area contributed by atoms with Crippen LogP contribution >= 0.6 is 0 Å². The van der Waals surface area contributed by atoms with E-state index in [1.807, 2.05) is 12.1 Å². The number of nitrogens with zero attached hydrogens (tertiary/aromatic N) is 1. The van der Waals surface area contributed by atoms with Crippen molar-refractivity contribution in [2.24, 2.45) is 0 Å². The zero-order valence-electron chi connectivity index (χ0n) is 17.1. The van der Waals surface area contributed by atoms with E-state index < -0.39 is 6.10 Å². The van der Waals surface area contributed by atoms with Crippen LogP contribution in [0.25, 0.3) is 0 Å². The van der Waals surface area contributed by atoms with Crippen LogP contribution in [0.4, 0.5) is 10.1 Å². The lowest BCUT2D eigenvalue weighted by Gasteiger charge is -2.34. The van der Waals surface area contributed by atoms with Crippen molar-refractivity contribution < 1.29 is 19.1 Å². The molecule has 1 aliphatic heterocycles. The van der Waals surface area contributed by atoms with Gasteiger partial charge in [-0.25, -0.2) is 4.39 Å². The van der Waals surface area contributed by atoms with Crippen LogP contribution in [0.15, 0.2) is 42.5 Å². The van der Waals surface area contributed by atoms with Crippen molar-refractivity contribution in [2.45, 2.75) is 32.8 Å². The smallest absolute Gasteiger partial charge is 0.137 e. The van der Waals surface area contributed by atoms with Gasteiger partial charge in [-0.2, -0.15) is 0 Å². The Morgan fingerprint density at radius 3 is 2.43 bits per heavy atom. The largest absolute Gasteiger partial charge is 0.490 e. The number of hydrogen-bond donors (Lipinski definition) is 2. The summed E-state index contributed by atoms with van der Waals surface area (Å²) in [4.78, 5) is 3.65. The van der Waals surface area contributed by atoms with Crippen LogP contribution in [-0.2, 0) is 0 Å². The Kier molecular flexibility index (Phi) is 6.92. The van der Waals surface area contributed by atoms with Crippen molar-refractivity contribution in [2.75, 3.05) is 44.2 Å². The molecule has 0 unspecified atom stereocenters. The van der Waals surface area contributed by atoms with Crippen molar-refractivity contribution in [1.29, 1.82) is 0 Å². The highest BCUT2D eigenvalue weighted by atomic mass is 19.1. The molecule has 1 heterocycles. The van der Waals surface area contributed by atoms with E-state index in [1.165, 1.54) is 22.6 Å². The first-order chi connectivity index (χ1) is 13.4. The summed E-state index contributed by atoms with van der Waals surface area (Å²) in [5.41, 5.74) is 3.40. The normalized spacial score (nSPS) is 16.4. The topological polar surface area (TPSA) is 37.1 Å². The molecule has 0 spiro atoms. The third kappa shape index (κ3) is 5.46. The monoisotopic (exact) mass is 387 g/mol. The second-order valence-electron chi connectivity index (χ2n) is 8.08. The zero-order valence-corrected chi connectivity index (χ0v) is 17.1. The Hall–Kier alpha value is -2.11. The molecule has 5 heteroatoms. The highest BCUT2D eigenvalue weighted by Crippen LogP contribution is 2.27. The van der Waals surface area contributed by atoms with Crippen molar-refractivity contribution in [3.05, 3.63) is 59.4 Å². The zero-order chi connectivity index (χ0) is 20.1. The van der Waals surface area contributed by atoms with Crippen molar-refractivity contribution in [1.82, 2.24) is 0 Å². The SMILES string of the molecule is Cc1ccc(C(C)C)c(OC[C@@H](O)C[NH+]2CCN(c3ccc(F)cc3)CC2)c1. The molecule has 0 radical (unpaired) electrons. The van der Waals surface area contributed by atoms with Gasteiger partial charge in [0.2, 0.25) is 0 Å². The first kappa shape index (κ1) is 20.6. The average Bonchev–Trinajstić information content (AvgIpc) is 2.67. The fourth-order valence-corrected chi connectivity index (χ4v) is 3.76. The van der Waals surface area contributed by atoms with E-state index in [1.54, 1.807) is 0 Å². The number of rotatable bonds is 7. The fourth-order valence-electron chi connectivity index (χ4n) is 3.76. The molecule has 4 nitrogen and oxygen atoms in total. The van der Waals surface area contributed by atoms with E-state index in [9.17, 15) is 9.50 Å². The number of anilines is 1. The van der Waals surface area contributed by atoms with Crippen LogP contribution in [0.2, 0.25) is 0 Å². The number of aryl methyl sites for hydroxylation is 1. The van der Waals surface area contributed by atoms with Gasteiger partial charge in [0.1, 0.15) is 30.8 Å². The minimum Gasteiger partial charge on any atom is -0.490 e. The van der Waals surface area contributed by atoms with Gasteiger partial charge in [-0.3, -0.25) is 0 Å². The summed E-state index contributed by atoms with van der Waals surface area (Å²) < 4.78 is 19.1. The molecule has 0 aromatic heterocycles. The van der Waals surface area contributed by atoms with Gasteiger partial charge in [0.05, 0.1) is 26.2 Å². The number of aliphatic hydroxyl groups excluding tert-OH is 1. The summed E-state index contributed by atoms with van der Waals surface area (Å²) >= 11 is 0. The Bertz CT molecular complexity index is 756. The first-order valence-corrected chi connectivity index (χ1v) is 10.2. The van der Waals surface area contributed by atoms with Crippen LogP contribution in [0.5, 0.6) is 5.75 Å². The van der Waals surface area contributed by atoms with Gasteiger partial charge in [0.15, 0.2) is 0 Å². The summed E-state index contributed by atoms with van der Waals surface area (Å²) in [6.07, 6.45) is -0.493. The standard InChI is InChI=1S/C23H31FN2O2/c1-17(2)22-9-4-18(3)14-23(22)28-16-21(27)15-25-10-12-26(13-11-25)20-7-5-19(24)6-8-20/h4-9,14,17,21,27H,10-13,15-16H2,1-3H3/p+1/t21-/m0/s1. The summed E-state index contributed by atoms with van der Waals surface area (Å²) in [6.45, 7) is 11.1. The van der Waals surface area contributed by atoms with Gasteiger partial charge < -0.3 is 19.6 Å². The number of quaternary nitrogens is 1. The first-order valence-electron chi connectivity index (χ1n) is 10.2. The van der Waals surface area contributed by atoms with Gasteiger partial charge >= 0.3 is 0 Å². The van der Waals surface area contributed by atoms with E-state index in [-0.39, 0.29) is 5.82 Å². The highest BCUT2D eigenvalue weighted by molar-refractivity contribution is 5.46. The summed E-state index contributed by atoms with van der Waals surface area (Å²) in [7, 11) is 0. The van der Waals surface area contributed by atoms with Gasteiger partial charge in [0, 0.05) is 5.69 Å². The predicted octanol–water partition coefficient (Wildman–Crippen LogP) is 2.40. The Labute approximate surface area is 167 Å². The second-order valence-corrected chi connectivity index (χ2v) is 8.08. The van der Waals surface area contributed by atoms with E-state index >= 15 is 0 Å². The molecule has 0 saturated carbocycles. The van der Waals surface area contributed by atoms with E-state index in [0.717, 1.165) is 43.2 Å². The summed E-state index contributed by atoms with van der Waals surface area (Å²) in [5.74, 6) is 1.06. The Balaban J connectivity index is 1.47. The maximum Gasteiger partial charge on any atom is 0.137 e. The molecule has 2 N–H and O–H groups in total. The lowest BCUT2D eigenvalue weighted by atomic mass is 10.0. The summed E-state index contributed by atoms with van der Waals surface area (Å²) in [5, 5.41) is 10.5. The van der Waals surface area contributed by atoms with Gasteiger partial charge in [-0.05, 0) is 54.3 Å². The van der Waals surface area contributed by atoms with Crippen molar-refractivity contribution in [3.8, 4) is 5.75 Å². The Morgan fingerprint density at radius 2 is 1.79 bits per heavy atom. The average molecular weight is 388 g/mol. The minimum atomic E-state index is -0.493. The Morgan fingerprint density at radius 1 is 1.11 bits per heavy atom. The predicted molar refractivity (Wildman–Crippen MR) is 111 cm³/mol. The molecular weight excluding hydrogens is 355 g/mol. The van der Waals surface area contributed by atoms with Crippen molar-refractivity contribution in [3.63, 3.8) is 0 Å². The number of nitrogens with one attached hydrogen (secondary N) is 1. The van der Waals surface area contributed by atoms with Crippen molar-refractivity contribution >= 4 is 5.69 Å². The second kappa shape index (κ2) is 9.39. The molecule has 1 saturated heterocycles. The third-order valence-corrected chi connectivity index (χ3v) is 5.41. The van der Waals surface area contributed by atoms with Crippen LogP contribution in [0.3, 0.4) is 0 Å². The molecular formula is C23H32FN2O2+. The molecule has 0 aliphatic carbocycles. The van der Waals surface area contributed by atoms with Crippen LogP contribution in [0.1, 0.15) is 30.9 Å². The molecule has 2 aromatic carbocycles. The van der Waals surface area contributed by atoms with E-state index in [0.29, 0.717) is 19.1 Å². The molecule has 3 rings (SSSR count). The molecule has 0 bridgehead atoms. The van der Waals surface area contributed by atoms with Gasteiger partial charge in [-0.1, -0.05) is 26.0 Å². The van der Waals surface area contributed by atoms with Gasteiger partial charge in [-0.15, -0.1) is 0 Å². The third-order valence-electron chi connectivity index (χ3n) is 5.41. The minimum absolute atomic E-state index is 0.203. The molecule has 28 heavy (non-hydrogen) atoms. The number of halogens is 1. The maximum absolute atomic E-state index is 13.1. The van der Waals surface area contributed by atoms with Crippen LogP contribution in [-0.4, -0.2) is 50.5 Å². The highest BCUT2D eigenvalue weighted by Gasteiger charge is 2.23. The number of ether oxygens (including phenoxy) is 1. The van der Waals surface area contributed by atoms with E-state index in [4.69, 9.17) is 4.74 Å². The fraction of sp³-hybridized carbons (Fsp3) is 0.478. The lowest BCUT2D eigenvalue weighted by Crippen LogP contribution is -3.16. The lowest BCUT2D eigenvalue weighted by molar-refractivity contribution is -0.903. The summed E-state index contributed by atoms with van der Waals surface area (Å²) in [6, 6.07) is 12.9. The molecule has 1 fully saturated rings. The van der Waals surface area contributed by atoms with Crippen LogP contribution in [0, 0.1) is 12.7 Å². The molecule has 1 aliphatic rings. The quantitative estimate of drug-likeness (QED) is 0.766. The van der Waals surface area contributed by atoms with E-state index in [2.05, 4.69) is 43.9 Å². The molecule has 152 valence electrons. The molecule has 2 aromatic rings. The molecule has 0 amide bonds.